The summed E-state index contributed by atoms with van der Waals surface area (Å²) in [6.07, 6.45) is 5.95. The summed E-state index contributed by atoms with van der Waals surface area (Å²) in [5, 5.41) is 0. The molecule has 1 N–H and O–H groups in total. The Morgan fingerprint density at radius 1 is 1.23 bits per heavy atom. The highest BCUT2D eigenvalue weighted by Crippen LogP contribution is 2.19. The number of H-pyrrole nitrogens is 1. The van der Waals surface area contributed by atoms with Gasteiger partial charge in [0.1, 0.15) is 0 Å². The number of rotatable bonds is 0. The van der Waals surface area contributed by atoms with Gasteiger partial charge in [-0.15, -0.1) is 0 Å². The van der Waals surface area contributed by atoms with Gasteiger partial charge < -0.3 is 4.98 Å². The summed E-state index contributed by atoms with van der Waals surface area (Å²) in [4.78, 5) is 14.2. The van der Waals surface area contributed by atoms with Crippen LogP contribution in [0.2, 0.25) is 0 Å². The van der Waals surface area contributed by atoms with Crippen molar-refractivity contribution in [3.63, 3.8) is 0 Å². The molecule has 13 heavy (non-hydrogen) atoms. The van der Waals surface area contributed by atoms with E-state index in [0.717, 1.165) is 12.8 Å². The Bertz CT molecular complexity index is 365. The summed E-state index contributed by atoms with van der Waals surface area (Å²) in [6.45, 7) is 2.04. The molecular formula is C11H15NO. The van der Waals surface area contributed by atoms with Crippen molar-refractivity contribution < 1.29 is 0 Å². The van der Waals surface area contributed by atoms with Gasteiger partial charge in [-0.3, -0.25) is 4.79 Å². The van der Waals surface area contributed by atoms with E-state index in [1.165, 1.54) is 36.1 Å². The van der Waals surface area contributed by atoms with Crippen molar-refractivity contribution in [2.75, 3.05) is 0 Å². The van der Waals surface area contributed by atoms with Crippen molar-refractivity contribution in [1.82, 2.24) is 4.98 Å². The molecule has 0 saturated heterocycles. The number of aromatic amines is 1. The fraction of sp³-hybridized carbons (Fsp3) is 0.545. The highest BCUT2D eigenvalue weighted by Gasteiger charge is 2.10. The van der Waals surface area contributed by atoms with Crippen molar-refractivity contribution in [2.24, 2.45) is 0 Å². The molecule has 2 rings (SSSR count). The van der Waals surface area contributed by atoms with Gasteiger partial charge in [-0.05, 0) is 43.7 Å². The molecule has 0 amide bonds. The molecule has 0 aliphatic heterocycles. The molecule has 1 aromatic heterocycles. The van der Waals surface area contributed by atoms with E-state index < -0.39 is 0 Å². The Morgan fingerprint density at radius 3 is 2.85 bits per heavy atom. The number of aromatic nitrogens is 1. The van der Waals surface area contributed by atoms with Crippen molar-refractivity contribution in [3.05, 3.63) is 33.2 Å². The van der Waals surface area contributed by atoms with E-state index in [0.29, 0.717) is 0 Å². The topological polar surface area (TPSA) is 32.9 Å². The van der Waals surface area contributed by atoms with Crippen LogP contribution in [-0.4, -0.2) is 4.98 Å². The molecular weight excluding hydrogens is 162 g/mol. The Labute approximate surface area is 78.0 Å². The zero-order valence-corrected chi connectivity index (χ0v) is 8.02. The lowest BCUT2D eigenvalue weighted by Gasteiger charge is -2.07. The molecule has 0 atom stereocenters. The van der Waals surface area contributed by atoms with E-state index in [1.807, 2.05) is 6.92 Å². The largest absolute Gasteiger partial charge is 0.326 e. The highest BCUT2D eigenvalue weighted by molar-refractivity contribution is 5.29. The van der Waals surface area contributed by atoms with Gasteiger partial charge in [0.05, 0.1) is 0 Å². The lowest BCUT2D eigenvalue weighted by atomic mass is 10.0. The van der Waals surface area contributed by atoms with Gasteiger partial charge >= 0.3 is 0 Å². The highest BCUT2D eigenvalue weighted by atomic mass is 16.1. The van der Waals surface area contributed by atoms with Crippen LogP contribution in [-0.2, 0) is 12.8 Å². The predicted octanol–water partition coefficient (Wildman–Crippen LogP) is 1.95. The van der Waals surface area contributed by atoms with Crippen LogP contribution in [0.5, 0.6) is 0 Å². The third-order valence-electron chi connectivity index (χ3n) is 2.82. The number of hydrogen-bond acceptors (Lipinski definition) is 1. The molecule has 1 aromatic rings. The fourth-order valence-corrected chi connectivity index (χ4v) is 2.12. The first kappa shape index (κ1) is 8.54. The van der Waals surface area contributed by atoms with Crippen molar-refractivity contribution in [3.8, 4) is 0 Å². The standard InChI is InChI=1S/C11H15NO/c1-8-7-11(13)12-10-6-4-2-3-5-9(8)10/h7H,2-6H2,1H3,(H,12,13). The minimum Gasteiger partial charge on any atom is -0.326 e. The minimum atomic E-state index is 0.0538. The molecule has 0 radical (unpaired) electrons. The molecule has 0 saturated carbocycles. The van der Waals surface area contributed by atoms with E-state index in [1.54, 1.807) is 6.07 Å². The molecule has 1 aliphatic rings. The Kier molecular flexibility index (Phi) is 2.21. The van der Waals surface area contributed by atoms with Crippen LogP contribution >= 0.6 is 0 Å². The van der Waals surface area contributed by atoms with Crippen molar-refractivity contribution in [2.45, 2.75) is 39.0 Å². The monoisotopic (exact) mass is 177 g/mol. The molecule has 70 valence electrons. The summed E-state index contributed by atoms with van der Waals surface area (Å²) in [5.74, 6) is 0. The van der Waals surface area contributed by atoms with Gasteiger partial charge in [0.15, 0.2) is 0 Å². The number of pyridine rings is 1. The van der Waals surface area contributed by atoms with Gasteiger partial charge in [0, 0.05) is 11.8 Å². The summed E-state index contributed by atoms with van der Waals surface area (Å²) >= 11 is 0. The van der Waals surface area contributed by atoms with Crippen LogP contribution in [0.4, 0.5) is 0 Å². The van der Waals surface area contributed by atoms with Crippen LogP contribution in [0.25, 0.3) is 0 Å². The number of nitrogens with one attached hydrogen (secondary N) is 1. The van der Waals surface area contributed by atoms with Crippen molar-refractivity contribution in [1.29, 1.82) is 0 Å². The number of aryl methyl sites for hydroxylation is 2. The molecule has 0 aromatic carbocycles. The Balaban J connectivity index is 2.53. The average molecular weight is 177 g/mol. The maximum Gasteiger partial charge on any atom is 0.248 e. The Morgan fingerprint density at radius 2 is 2.00 bits per heavy atom. The summed E-state index contributed by atoms with van der Waals surface area (Å²) in [7, 11) is 0. The molecule has 1 aliphatic carbocycles. The second-order valence-corrected chi connectivity index (χ2v) is 3.83. The van der Waals surface area contributed by atoms with Gasteiger partial charge in [-0.25, -0.2) is 0 Å². The van der Waals surface area contributed by atoms with Crippen LogP contribution in [0.15, 0.2) is 10.9 Å². The maximum atomic E-state index is 11.2. The molecule has 2 nitrogen and oxygen atoms in total. The molecule has 1 heterocycles. The van der Waals surface area contributed by atoms with E-state index in [9.17, 15) is 4.79 Å². The SMILES string of the molecule is Cc1cc(=O)[nH]c2c1CCCCC2. The Hall–Kier alpha value is -1.05. The molecule has 2 heteroatoms. The first-order chi connectivity index (χ1) is 6.27. The summed E-state index contributed by atoms with van der Waals surface area (Å²) < 4.78 is 0. The van der Waals surface area contributed by atoms with E-state index in [4.69, 9.17) is 0 Å². The molecule has 0 unspecified atom stereocenters. The molecule has 0 bridgehead atoms. The normalized spacial score (nSPS) is 16.4. The van der Waals surface area contributed by atoms with Crippen molar-refractivity contribution >= 4 is 0 Å². The first-order valence-corrected chi connectivity index (χ1v) is 4.99. The van der Waals surface area contributed by atoms with Gasteiger partial charge in [0.2, 0.25) is 5.56 Å². The van der Waals surface area contributed by atoms with Gasteiger partial charge in [0.25, 0.3) is 0 Å². The third kappa shape index (κ3) is 1.67. The van der Waals surface area contributed by atoms with Crippen LogP contribution in [0.1, 0.15) is 36.1 Å². The molecule has 0 fully saturated rings. The lowest BCUT2D eigenvalue weighted by molar-refractivity contribution is 0.708. The lowest BCUT2D eigenvalue weighted by Crippen LogP contribution is -2.11. The van der Waals surface area contributed by atoms with E-state index in [-0.39, 0.29) is 5.56 Å². The number of hydrogen-bond donors (Lipinski definition) is 1. The van der Waals surface area contributed by atoms with E-state index in [2.05, 4.69) is 4.98 Å². The second kappa shape index (κ2) is 3.36. The quantitative estimate of drug-likeness (QED) is 0.604. The minimum absolute atomic E-state index is 0.0538. The van der Waals surface area contributed by atoms with Gasteiger partial charge in [-0.2, -0.15) is 0 Å². The summed E-state index contributed by atoms with van der Waals surface area (Å²) in [6, 6.07) is 1.71. The zero-order valence-electron chi connectivity index (χ0n) is 8.02. The van der Waals surface area contributed by atoms with Crippen LogP contribution < -0.4 is 5.56 Å². The van der Waals surface area contributed by atoms with Crippen LogP contribution in [0.3, 0.4) is 0 Å². The molecule has 0 spiro atoms. The zero-order chi connectivity index (χ0) is 9.26. The second-order valence-electron chi connectivity index (χ2n) is 3.83. The van der Waals surface area contributed by atoms with Gasteiger partial charge in [-0.1, -0.05) is 6.42 Å². The third-order valence-corrected chi connectivity index (χ3v) is 2.82. The van der Waals surface area contributed by atoms with Crippen LogP contribution in [0, 0.1) is 6.92 Å². The maximum absolute atomic E-state index is 11.2. The summed E-state index contributed by atoms with van der Waals surface area (Å²) in [5.41, 5.74) is 3.79. The fourth-order valence-electron chi connectivity index (χ4n) is 2.12. The smallest absolute Gasteiger partial charge is 0.248 e. The van der Waals surface area contributed by atoms with E-state index >= 15 is 0 Å². The number of fused-ring (bicyclic) bond motifs is 1. The predicted molar refractivity (Wildman–Crippen MR) is 53.1 cm³/mol. The average Bonchev–Trinajstić information content (AvgIpc) is 2.28. The first-order valence-electron chi connectivity index (χ1n) is 4.99.